The Morgan fingerprint density at radius 3 is 2.73 bits per heavy atom. The zero-order chi connectivity index (χ0) is 11.3. The number of hydrogen-bond acceptors (Lipinski definition) is 3. The van der Waals surface area contributed by atoms with E-state index in [1.54, 1.807) is 7.11 Å². The summed E-state index contributed by atoms with van der Waals surface area (Å²) in [6.07, 6.45) is 0. The van der Waals surface area contributed by atoms with Gasteiger partial charge in [-0.05, 0) is 17.7 Å². The predicted molar refractivity (Wildman–Crippen MR) is 62.5 cm³/mol. The van der Waals surface area contributed by atoms with Crippen molar-refractivity contribution in [1.29, 1.82) is 0 Å². The fourth-order valence-corrected chi connectivity index (χ4v) is 1.49. The van der Waals surface area contributed by atoms with Crippen LogP contribution in [0, 0.1) is 0 Å². The highest BCUT2D eigenvalue weighted by Gasteiger charge is 2.04. The molecule has 1 aromatic rings. The minimum Gasteiger partial charge on any atom is -0.392 e. The van der Waals surface area contributed by atoms with Gasteiger partial charge in [-0.15, -0.1) is 0 Å². The molecule has 15 heavy (non-hydrogen) atoms. The maximum Gasteiger partial charge on any atom is 0.0696 e. The first-order chi connectivity index (χ1) is 7.19. The average molecular weight is 230 g/mol. The summed E-state index contributed by atoms with van der Waals surface area (Å²) in [5, 5.41) is 9.57. The average Bonchev–Trinajstić information content (AvgIpc) is 2.25. The fourth-order valence-electron chi connectivity index (χ4n) is 1.26. The van der Waals surface area contributed by atoms with Crippen molar-refractivity contribution in [3.63, 3.8) is 0 Å². The zero-order valence-corrected chi connectivity index (χ0v) is 9.79. The van der Waals surface area contributed by atoms with Crippen molar-refractivity contribution in [3.05, 3.63) is 28.8 Å². The number of halogens is 1. The molecule has 0 spiro atoms. The summed E-state index contributed by atoms with van der Waals surface area (Å²) >= 11 is 5.99. The predicted octanol–water partition coefficient (Wildman–Crippen LogP) is 1.91. The fraction of sp³-hybridized carbons (Fsp3) is 0.455. The van der Waals surface area contributed by atoms with Crippen LogP contribution in [0.15, 0.2) is 18.2 Å². The zero-order valence-electron chi connectivity index (χ0n) is 9.03. The molecule has 0 saturated heterocycles. The van der Waals surface area contributed by atoms with Crippen LogP contribution in [0.5, 0.6) is 0 Å². The minimum absolute atomic E-state index is 0.0269. The van der Waals surface area contributed by atoms with Gasteiger partial charge in [-0.1, -0.05) is 17.7 Å². The molecule has 0 aromatic heterocycles. The Labute approximate surface area is 95.2 Å². The number of benzene rings is 1. The highest BCUT2D eigenvalue weighted by atomic mass is 35.5. The van der Waals surface area contributed by atoms with Gasteiger partial charge in [0.05, 0.1) is 13.2 Å². The van der Waals surface area contributed by atoms with Crippen LogP contribution in [0.3, 0.4) is 0 Å². The molecular formula is C11H16ClNO2. The quantitative estimate of drug-likeness (QED) is 0.838. The molecule has 0 fully saturated rings. The number of rotatable bonds is 5. The van der Waals surface area contributed by atoms with Gasteiger partial charge in [-0.3, -0.25) is 0 Å². The number of ether oxygens (including phenoxy) is 1. The summed E-state index contributed by atoms with van der Waals surface area (Å²) in [4.78, 5) is 2.05. The molecule has 84 valence electrons. The van der Waals surface area contributed by atoms with Crippen molar-refractivity contribution in [1.82, 2.24) is 0 Å². The van der Waals surface area contributed by atoms with E-state index in [1.165, 1.54) is 0 Å². The van der Waals surface area contributed by atoms with Crippen LogP contribution in [0.25, 0.3) is 0 Å². The Kier molecular flexibility index (Phi) is 4.88. The molecule has 3 nitrogen and oxygen atoms in total. The molecular weight excluding hydrogens is 214 g/mol. The van der Waals surface area contributed by atoms with Gasteiger partial charge in [-0.2, -0.15) is 0 Å². The third-order valence-electron chi connectivity index (χ3n) is 2.28. The molecule has 0 amide bonds. The maximum absolute atomic E-state index is 8.97. The van der Waals surface area contributed by atoms with Gasteiger partial charge in [0.25, 0.3) is 0 Å². The Morgan fingerprint density at radius 1 is 1.47 bits per heavy atom. The maximum atomic E-state index is 8.97. The van der Waals surface area contributed by atoms with Gasteiger partial charge in [0, 0.05) is 31.4 Å². The standard InChI is InChI=1S/C11H16ClNO2/c1-13(5-6-15-2)10-4-3-9(8-14)11(12)7-10/h3-4,7,14H,5-6,8H2,1-2H3. The van der Waals surface area contributed by atoms with Gasteiger partial charge < -0.3 is 14.7 Å². The molecule has 0 atom stereocenters. The number of aliphatic hydroxyl groups is 1. The van der Waals surface area contributed by atoms with E-state index in [0.29, 0.717) is 11.6 Å². The van der Waals surface area contributed by atoms with Crippen molar-refractivity contribution in [3.8, 4) is 0 Å². The van der Waals surface area contributed by atoms with Crippen molar-refractivity contribution in [2.24, 2.45) is 0 Å². The molecule has 0 radical (unpaired) electrons. The van der Waals surface area contributed by atoms with Crippen LogP contribution < -0.4 is 4.90 Å². The van der Waals surface area contributed by atoms with Gasteiger partial charge in [0.1, 0.15) is 0 Å². The number of hydrogen-bond donors (Lipinski definition) is 1. The molecule has 0 bridgehead atoms. The summed E-state index contributed by atoms with van der Waals surface area (Å²) < 4.78 is 4.99. The SMILES string of the molecule is COCCN(C)c1ccc(CO)c(Cl)c1. The third kappa shape index (κ3) is 3.38. The van der Waals surface area contributed by atoms with E-state index in [4.69, 9.17) is 21.4 Å². The Hall–Kier alpha value is -0.770. The minimum atomic E-state index is -0.0269. The number of likely N-dealkylation sites (N-methyl/N-ethyl adjacent to an activating group) is 1. The summed E-state index contributed by atoms with van der Waals surface area (Å²) in [6, 6.07) is 5.62. The molecule has 0 aliphatic rings. The van der Waals surface area contributed by atoms with E-state index in [-0.39, 0.29) is 6.61 Å². The summed E-state index contributed by atoms with van der Waals surface area (Å²) in [6.45, 7) is 1.46. The molecule has 1 rings (SSSR count). The Bertz CT molecular complexity index is 317. The molecule has 0 aliphatic heterocycles. The highest BCUT2D eigenvalue weighted by Crippen LogP contribution is 2.22. The molecule has 0 unspecified atom stereocenters. The van der Waals surface area contributed by atoms with E-state index < -0.39 is 0 Å². The molecule has 4 heteroatoms. The van der Waals surface area contributed by atoms with Crippen LogP contribution in [-0.4, -0.2) is 32.4 Å². The topological polar surface area (TPSA) is 32.7 Å². The molecule has 1 aromatic carbocycles. The van der Waals surface area contributed by atoms with E-state index in [9.17, 15) is 0 Å². The van der Waals surface area contributed by atoms with Gasteiger partial charge in [0.2, 0.25) is 0 Å². The van der Waals surface area contributed by atoms with Crippen LogP contribution in [0.4, 0.5) is 5.69 Å². The van der Waals surface area contributed by atoms with Crippen molar-refractivity contribution in [2.45, 2.75) is 6.61 Å². The second kappa shape index (κ2) is 5.95. The monoisotopic (exact) mass is 229 g/mol. The number of nitrogens with zero attached hydrogens (tertiary/aromatic N) is 1. The second-order valence-corrected chi connectivity index (χ2v) is 3.76. The lowest BCUT2D eigenvalue weighted by Crippen LogP contribution is -2.21. The van der Waals surface area contributed by atoms with Gasteiger partial charge in [0.15, 0.2) is 0 Å². The first-order valence-corrected chi connectivity index (χ1v) is 5.16. The van der Waals surface area contributed by atoms with Crippen LogP contribution >= 0.6 is 11.6 Å². The lowest BCUT2D eigenvalue weighted by atomic mass is 10.2. The Balaban J connectivity index is 2.73. The highest BCUT2D eigenvalue weighted by molar-refractivity contribution is 6.31. The van der Waals surface area contributed by atoms with E-state index in [0.717, 1.165) is 17.8 Å². The largest absolute Gasteiger partial charge is 0.392 e. The van der Waals surface area contributed by atoms with E-state index in [2.05, 4.69) is 4.90 Å². The first kappa shape index (κ1) is 12.3. The first-order valence-electron chi connectivity index (χ1n) is 4.78. The van der Waals surface area contributed by atoms with Crippen LogP contribution in [0.2, 0.25) is 5.02 Å². The molecule has 1 N–H and O–H groups in total. The number of anilines is 1. The van der Waals surface area contributed by atoms with Crippen molar-refractivity contribution < 1.29 is 9.84 Å². The molecule has 0 saturated carbocycles. The summed E-state index contributed by atoms with van der Waals surface area (Å²) in [5.74, 6) is 0. The number of methoxy groups -OCH3 is 1. The smallest absolute Gasteiger partial charge is 0.0696 e. The van der Waals surface area contributed by atoms with E-state index >= 15 is 0 Å². The van der Waals surface area contributed by atoms with Gasteiger partial charge >= 0.3 is 0 Å². The molecule has 0 aliphatic carbocycles. The number of aliphatic hydroxyl groups excluding tert-OH is 1. The van der Waals surface area contributed by atoms with Gasteiger partial charge in [-0.25, -0.2) is 0 Å². The van der Waals surface area contributed by atoms with Crippen molar-refractivity contribution >= 4 is 17.3 Å². The summed E-state index contributed by atoms with van der Waals surface area (Å²) in [5.41, 5.74) is 1.77. The lowest BCUT2D eigenvalue weighted by molar-refractivity contribution is 0.206. The molecule has 0 heterocycles. The van der Waals surface area contributed by atoms with E-state index in [1.807, 2.05) is 25.2 Å². The van der Waals surface area contributed by atoms with Crippen LogP contribution in [0.1, 0.15) is 5.56 Å². The third-order valence-corrected chi connectivity index (χ3v) is 2.63. The Morgan fingerprint density at radius 2 is 2.20 bits per heavy atom. The lowest BCUT2D eigenvalue weighted by Gasteiger charge is -2.19. The summed E-state index contributed by atoms with van der Waals surface area (Å²) in [7, 11) is 3.65. The van der Waals surface area contributed by atoms with Crippen molar-refractivity contribution in [2.75, 3.05) is 32.2 Å². The second-order valence-electron chi connectivity index (χ2n) is 3.35. The van der Waals surface area contributed by atoms with Crippen LogP contribution in [-0.2, 0) is 11.3 Å². The normalized spacial score (nSPS) is 10.4.